The molecule has 2 aromatic rings. The first-order valence-corrected chi connectivity index (χ1v) is 9.44. The van der Waals surface area contributed by atoms with Gasteiger partial charge in [0.15, 0.2) is 0 Å². The Bertz CT molecular complexity index is 841. The van der Waals surface area contributed by atoms with E-state index in [2.05, 4.69) is 10.0 Å². The molecule has 25 heavy (non-hydrogen) atoms. The van der Waals surface area contributed by atoms with Crippen LogP contribution in [0.5, 0.6) is 0 Å². The van der Waals surface area contributed by atoms with E-state index < -0.39 is 22.0 Å². The number of carbonyl (C=O) groups is 1. The van der Waals surface area contributed by atoms with Crippen molar-refractivity contribution in [1.82, 2.24) is 10.0 Å². The summed E-state index contributed by atoms with van der Waals surface area (Å²) in [4.78, 5) is 12.0. The van der Waals surface area contributed by atoms with Crippen LogP contribution in [0.1, 0.15) is 12.5 Å². The molecule has 0 aliphatic carbocycles. The lowest BCUT2D eigenvalue weighted by molar-refractivity contribution is -0.122. The van der Waals surface area contributed by atoms with Crippen LogP contribution in [0.4, 0.5) is 4.39 Å². The van der Waals surface area contributed by atoms with Crippen molar-refractivity contribution in [1.29, 1.82) is 0 Å². The van der Waals surface area contributed by atoms with E-state index in [0.29, 0.717) is 18.0 Å². The van der Waals surface area contributed by atoms with E-state index in [1.54, 1.807) is 18.2 Å². The van der Waals surface area contributed by atoms with E-state index in [9.17, 15) is 17.6 Å². The van der Waals surface area contributed by atoms with Gasteiger partial charge >= 0.3 is 0 Å². The average Bonchev–Trinajstić information content (AvgIpc) is 2.56. The molecule has 0 fully saturated rings. The van der Waals surface area contributed by atoms with E-state index >= 15 is 0 Å². The molecular weight excluding hydrogens is 367 g/mol. The molecule has 0 saturated carbocycles. The first-order valence-electron chi connectivity index (χ1n) is 7.58. The second kappa shape index (κ2) is 8.42. The van der Waals surface area contributed by atoms with Crippen LogP contribution in [0, 0.1) is 5.82 Å². The molecule has 0 saturated heterocycles. The number of hydrogen-bond acceptors (Lipinski definition) is 3. The van der Waals surface area contributed by atoms with E-state index in [4.69, 9.17) is 11.6 Å². The highest BCUT2D eigenvalue weighted by Crippen LogP contribution is 2.15. The maximum absolute atomic E-state index is 12.8. The minimum Gasteiger partial charge on any atom is -0.354 e. The van der Waals surface area contributed by atoms with E-state index in [-0.39, 0.29) is 10.7 Å². The van der Waals surface area contributed by atoms with Gasteiger partial charge in [-0.1, -0.05) is 29.8 Å². The van der Waals surface area contributed by atoms with Crippen molar-refractivity contribution in [3.8, 4) is 0 Å². The van der Waals surface area contributed by atoms with Crippen molar-refractivity contribution >= 4 is 27.5 Å². The minimum absolute atomic E-state index is 0.00837. The minimum atomic E-state index is -3.85. The van der Waals surface area contributed by atoms with Gasteiger partial charge in [-0.15, -0.1) is 0 Å². The van der Waals surface area contributed by atoms with Gasteiger partial charge in [0.2, 0.25) is 15.9 Å². The van der Waals surface area contributed by atoms with Gasteiger partial charge in [-0.2, -0.15) is 4.72 Å². The van der Waals surface area contributed by atoms with Crippen LogP contribution in [0.3, 0.4) is 0 Å². The highest BCUT2D eigenvalue weighted by Gasteiger charge is 2.21. The molecule has 0 heterocycles. The van der Waals surface area contributed by atoms with Crippen LogP contribution in [0.15, 0.2) is 53.4 Å². The summed E-state index contributed by atoms with van der Waals surface area (Å²) in [6.45, 7) is 1.77. The van der Waals surface area contributed by atoms with Crippen LogP contribution in [0.2, 0.25) is 5.02 Å². The zero-order valence-corrected chi connectivity index (χ0v) is 15.1. The predicted molar refractivity (Wildman–Crippen MR) is 94.3 cm³/mol. The molecule has 1 amide bonds. The van der Waals surface area contributed by atoms with Gasteiger partial charge in [-0.25, -0.2) is 12.8 Å². The van der Waals surface area contributed by atoms with Crippen molar-refractivity contribution < 1.29 is 17.6 Å². The Kier molecular flexibility index (Phi) is 6.52. The molecule has 2 rings (SSSR count). The normalized spacial score (nSPS) is 12.6. The Labute approximate surface area is 151 Å². The monoisotopic (exact) mass is 384 g/mol. The number of rotatable bonds is 7. The summed E-state index contributed by atoms with van der Waals surface area (Å²) in [7, 11) is -3.85. The molecule has 134 valence electrons. The maximum atomic E-state index is 12.8. The van der Waals surface area contributed by atoms with E-state index in [0.717, 1.165) is 5.56 Å². The van der Waals surface area contributed by atoms with Gasteiger partial charge in [0, 0.05) is 11.6 Å². The maximum Gasteiger partial charge on any atom is 0.241 e. The summed E-state index contributed by atoms with van der Waals surface area (Å²) in [6, 6.07) is 10.8. The Balaban J connectivity index is 1.88. The zero-order chi connectivity index (χ0) is 18.4. The standard InChI is InChI=1S/C17H18ClFN2O3S/c1-12(21-25(23,24)16-4-2-3-14(18)11-16)17(22)20-10-9-13-5-7-15(19)8-6-13/h2-8,11-12,21H,9-10H2,1H3,(H,20,22)/t12-/m0/s1. The Hall–Kier alpha value is -1.96. The van der Waals surface area contributed by atoms with Gasteiger partial charge in [0.25, 0.3) is 0 Å². The van der Waals surface area contributed by atoms with Crippen LogP contribution in [-0.2, 0) is 21.2 Å². The van der Waals surface area contributed by atoms with Gasteiger partial charge in [-0.05, 0) is 49.2 Å². The SMILES string of the molecule is C[C@H](NS(=O)(=O)c1cccc(Cl)c1)C(=O)NCCc1ccc(F)cc1. The number of sulfonamides is 1. The van der Waals surface area contributed by atoms with Crippen LogP contribution < -0.4 is 10.0 Å². The van der Waals surface area contributed by atoms with E-state index in [1.165, 1.54) is 37.3 Å². The number of hydrogen-bond donors (Lipinski definition) is 2. The van der Waals surface area contributed by atoms with Crippen molar-refractivity contribution in [3.05, 3.63) is 64.9 Å². The fraction of sp³-hybridized carbons (Fsp3) is 0.235. The van der Waals surface area contributed by atoms with Crippen LogP contribution >= 0.6 is 11.6 Å². The van der Waals surface area contributed by atoms with Crippen molar-refractivity contribution in [2.24, 2.45) is 0 Å². The summed E-state index contributed by atoms with van der Waals surface area (Å²) in [5, 5.41) is 2.94. The molecule has 0 bridgehead atoms. The molecule has 0 aliphatic rings. The second-order valence-corrected chi connectivity index (χ2v) is 7.62. The molecule has 0 aromatic heterocycles. The number of carbonyl (C=O) groups excluding carboxylic acids is 1. The lowest BCUT2D eigenvalue weighted by atomic mass is 10.1. The molecule has 1 atom stereocenters. The lowest BCUT2D eigenvalue weighted by Gasteiger charge is -2.14. The third-order valence-electron chi connectivity index (χ3n) is 3.46. The van der Waals surface area contributed by atoms with Gasteiger partial charge < -0.3 is 5.32 Å². The molecule has 0 spiro atoms. The fourth-order valence-electron chi connectivity index (χ4n) is 2.12. The van der Waals surface area contributed by atoms with Gasteiger partial charge in [0.1, 0.15) is 5.82 Å². The summed E-state index contributed by atoms with van der Waals surface area (Å²) in [5.74, 6) is -0.774. The van der Waals surface area contributed by atoms with Crippen LogP contribution in [-0.4, -0.2) is 26.9 Å². The molecule has 0 radical (unpaired) electrons. The second-order valence-electron chi connectivity index (χ2n) is 5.47. The third kappa shape index (κ3) is 5.81. The fourth-order valence-corrected chi connectivity index (χ4v) is 3.63. The first kappa shape index (κ1) is 19.4. The zero-order valence-electron chi connectivity index (χ0n) is 13.5. The first-order chi connectivity index (χ1) is 11.8. The highest BCUT2D eigenvalue weighted by molar-refractivity contribution is 7.89. The number of benzene rings is 2. The molecule has 5 nitrogen and oxygen atoms in total. The topological polar surface area (TPSA) is 75.3 Å². The third-order valence-corrected chi connectivity index (χ3v) is 5.23. The molecule has 2 aromatic carbocycles. The smallest absolute Gasteiger partial charge is 0.241 e. The summed E-state index contributed by atoms with van der Waals surface area (Å²) < 4.78 is 39.6. The average molecular weight is 385 g/mol. The van der Waals surface area contributed by atoms with Crippen molar-refractivity contribution in [2.75, 3.05) is 6.54 Å². The lowest BCUT2D eigenvalue weighted by Crippen LogP contribution is -2.45. The largest absolute Gasteiger partial charge is 0.354 e. The number of amides is 1. The molecule has 2 N–H and O–H groups in total. The Morgan fingerprint density at radius 1 is 1.20 bits per heavy atom. The quantitative estimate of drug-likeness (QED) is 0.770. The Morgan fingerprint density at radius 3 is 2.52 bits per heavy atom. The molecule has 8 heteroatoms. The molecule has 0 unspecified atom stereocenters. The summed E-state index contributed by atoms with van der Waals surface area (Å²) in [6.07, 6.45) is 0.514. The molecule has 0 aliphatic heterocycles. The summed E-state index contributed by atoms with van der Waals surface area (Å²) >= 11 is 5.79. The van der Waals surface area contributed by atoms with Gasteiger partial charge in [0.05, 0.1) is 10.9 Å². The van der Waals surface area contributed by atoms with Crippen LogP contribution in [0.25, 0.3) is 0 Å². The number of nitrogens with one attached hydrogen (secondary N) is 2. The van der Waals surface area contributed by atoms with Crippen molar-refractivity contribution in [3.63, 3.8) is 0 Å². The number of halogens is 2. The highest BCUT2D eigenvalue weighted by atomic mass is 35.5. The molecular formula is C17H18ClFN2O3S. The summed E-state index contributed by atoms with van der Waals surface area (Å²) in [5.41, 5.74) is 0.869. The van der Waals surface area contributed by atoms with Gasteiger partial charge in [-0.3, -0.25) is 4.79 Å². The predicted octanol–water partition coefficient (Wildman–Crippen LogP) is 2.50. The van der Waals surface area contributed by atoms with E-state index in [1.807, 2.05) is 0 Å². The van der Waals surface area contributed by atoms with Crippen molar-refractivity contribution in [2.45, 2.75) is 24.3 Å². The Morgan fingerprint density at radius 2 is 1.88 bits per heavy atom.